The average molecular weight is 398 g/mol. The number of aromatic hydroxyl groups is 1. The number of phenols is 1. The molecule has 3 aromatic rings. The molecule has 0 saturated carbocycles. The Morgan fingerprint density at radius 3 is 2.86 bits per heavy atom. The van der Waals surface area contributed by atoms with E-state index >= 15 is 0 Å². The fourth-order valence-electron chi connectivity index (χ4n) is 2.57. The molecule has 0 unspecified atom stereocenters. The van der Waals surface area contributed by atoms with E-state index in [9.17, 15) is 5.11 Å². The van der Waals surface area contributed by atoms with Crippen LogP contribution in [-0.4, -0.2) is 38.9 Å². The SMILES string of the molecule is CCOc1cc(C=Nn2c(-c3cccc(OC(C)C)c3)n[nH]c2=S)ccc1O. The van der Waals surface area contributed by atoms with Crippen LogP contribution >= 0.6 is 12.2 Å². The molecule has 2 N–H and O–H groups in total. The van der Waals surface area contributed by atoms with E-state index in [1.165, 1.54) is 4.68 Å². The molecule has 28 heavy (non-hydrogen) atoms. The van der Waals surface area contributed by atoms with Crippen LogP contribution in [0.15, 0.2) is 47.6 Å². The molecule has 2 aromatic carbocycles. The second-order valence-electron chi connectivity index (χ2n) is 6.26. The number of hydrogen-bond donors (Lipinski definition) is 2. The summed E-state index contributed by atoms with van der Waals surface area (Å²) in [6, 6.07) is 12.6. The van der Waals surface area contributed by atoms with Crippen LogP contribution in [0.2, 0.25) is 0 Å². The lowest BCUT2D eigenvalue weighted by molar-refractivity contribution is 0.242. The van der Waals surface area contributed by atoms with Crippen LogP contribution in [-0.2, 0) is 0 Å². The number of nitrogens with zero attached hydrogens (tertiary/aromatic N) is 3. The number of nitrogens with one attached hydrogen (secondary N) is 1. The van der Waals surface area contributed by atoms with Gasteiger partial charge in [0, 0.05) is 5.56 Å². The zero-order chi connectivity index (χ0) is 20.1. The van der Waals surface area contributed by atoms with E-state index in [0.717, 1.165) is 16.9 Å². The Morgan fingerprint density at radius 2 is 2.11 bits per heavy atom. The average Bonchev–Trinajstić information content (AvgIpc) is 3.03. The summed E-state index contributed by atoms with van der Waals surface area (Å²) >= 11 is 5.31. The maximum absolute atomic E-state index is 9.83. The topological polar surface area (TPSA) is 84.7 Å². The quantitative estimate of drug-likeness (QED) is 0.456. The molecule has 0 aliphatic carbocycles. The normalized spacial score (nSPS) is 11.3. The number of aromatic nitrogens is 3. The van der Waals surface area contributed by atoms with Gasteiger partial charge in [0.2, 0.25) is 4.77 Å². The maximum atomic E-state index is 9.83. The molecule has 0 aliphatic rings. The molecule has 0 aliphatic heterocycles. The van der Waals surface area contributed by atoms with Crippen LogP contribution in [0.1, 0.15) is 26.3 Å². The summed E-state index contributed by atoms with van der Waals surface area (Å²) in [5.41, 5.74) is 1.58. The molecule has 0 amide bonds. The van der Waals surface area contributed by atoms with Gasteiger partial charge >= 0.3 is 0 Å². The first-order valence-electron chi connectivity index (χ1n) is 8.92. The van der Waals surface area contributed by atoms with E-state index in [0.29, 0.717) is 23.0 Å². The molecule has 0 bridgehead atoms. The van der Waals surface area contributed by atoms with Crippen molar-refractivity contribution in [3.63, 3.8) is 0 Å². The third-order valence-corrected chi connectivity index (χ3v) is 3.98. The zero-order valence-corrected chi connectivity index (χ0v) is 16.7. The number of aromatic amines is 1. The Bertz CT molecular complexity index is 1040. The molecule has 146 valence electrons. The van der Waals surface area contributed by atoms with Gasteiger partial charge in [-0.25, -0.2) is 5.10 Å². The van der Waals surface area contributed by atoms with Crippen molar-refractivity contribution in [2.45, 2.75) is 26.9 Å². The van der Waals surface area contributed by atoms with Crippen LogP contribution in [0.25, 0.3) is 11.4 Å². The maximum Gasteiger partial charge on any atom is 0.216 e. The van der Waals surface area contributed by atoms with Crippen molar-refractivity contribution in [2.75, 3.05) is 6.61 Å². The van der Waals surface area contributed by atoms with Gasteiger partial charge in [0.25, 0.3) is 0 Å². The number of benzene rings is 2. The highest BCUT2D eigenvalue weighted by atomic mass is 32.1. The predicted octanol–water partition coefficient (Wildman–Crippen LogP) is 4.38. The van der Waals surface area contributed by atoms with Crippen molar-refractivity contribution in [1.82, 2.24) is 14.9 Å². The van der Waals surface area contributed by atoms with Gasteiger partial charge in [-0.2, -0.15) is 14.9 Å². The fourth-order valence-corrected chi connectivity index (χ4v) is 2.75. The summed E-state index contributed by atoms with van der Waals surface area (Å²) in [6.45, 7) is 6.26. The van der Waals surface area contributed by atoms with Crippen LogP contribution in [0.4, 0.5) is 0 Å². The fraction of sp³-hybridized carbons (Fsp3) is 0.250. The first-order chi connectivity index (χ1) is 13.5. The summed E-state index contributed by atoms with van der Waals surface area (Å²) < 4.78 is 13.1. The third-order valence-electron chi connectivity index (χ3n) is 3.72. The molecule has 3 rings (SSSR count). The molecule has 0 fully saturated rings. The number of H-pyrrole nitrogens is 1. The first kappa shape index (κ1) is 19.6. The van der Waals surface area contributed by atoms with Crippen LogP contribution in [0, 0.1) is 4.77 Å². The van der Waals surface area contributed by atoms with Crippen molar-refractivity contribution in [2.24, 2.45) is 5.10 Å². The summed E-state index contributed by atoms with van der Waals surface area (Å²) in [5.74, 6) is 1.80. The van der Waals surface area contributed by atoms with Gasteiger partial charge in [-0.3, -0.25) is 0 Å². The van der Waals surface area contributed by atoms with E-state index in [1.807, 2.05) is 45.0 Å². The minimum Gasteiger partial charge on any atom is -0.504 e. The Balaban J connectivity index is 1.93. The van der Waals surface area contributed by atoms with Crippen molar-refractivity contribution < 1.29 is 14.6 Å². The summed E-state index contributed by atoms with van der Waals surface area (Å²) in [5, 5.41) is 21.3. The number of phenolic OH excluding ortho intramolecular Hbond substituents is 1. The van der Waals surface area contributed by atoms with Gasteiger partial charge in [0.1, 0.15) is 5.75 Å². The van der Waals surface area contributed by atoms with Crippen LogP contribution < -0.4 is 9.47 Å². The summed E-state index contributed by atoms with van der Waals surface area (Å²) in [7, 11) is 0. The lowest BCUT2D eigenvalue weighted by Gasteiger charge is -2.10. The number of hydrogen-bond acceptors (Lipinski definition) is 6. The molecular formula is C20H22N4O3S. The highest BCUT2D eigenvalue weighted by Gasteiger charge is 2.10. The lowest BCUT2D eigenvalue weighted by atomic mass is 10.2. The molecule has 0 saturated heterocycles. The van der Waals surface area contributed by atoms with Gasteiger partial charge in [-0.15, -0.1) is 0 Å². The molecule has 1 aromatic heterocycles. The molecule has 0 spiro atoms. The standard InChI is InChI=1S/C20H22N4O3S/c1-4-26-18-10-14(8-9-17(18)25)12-21-24-19(22-23-20(24)28)15-6-5-7-16(11-15)27-13(2)3/h5-13,25H,4H2,1-3H3,(H,23,28). The second kappa shape index (κ2) is 8.71. The Kier molecular flexibility index (Phi) is 6.10. The van der Waals surface area contributed by atoms with Gasteiger partial charge in [0.15, 0.2) is 17.3 Å². The van der Waals surface area contributed by atoms with Gasteiger partial charge in [-0.05, 0) is 68.9 Å². The number of ether oxygens (including phenoxy) is 2. The second-order valence-corrected chi connectivity index (χ2v) is 6.65. The molecule has 1 heterocycles. The van der Waals surface area contributed by atoms with E-state index < -0.39 is 0 Å². The van der Waals surface area contributed by atoms with Crippen molar-refractivity contribution in [3.8, 4) is 28.6 Å². The van der Waals surface area contributed by atoms with Crippen LogP contribution in [0.3, 0.4) is 0 Å². The molecular weight excluding hydrogens is 376 g/mol. The van der Waals surface area contributed by atoms with Gasteiger partial charge < -0.3 is 14.6 Å². The lowest BCUT2D eigenvalue weighted by Crippen LogP contribution is -2.05. The highest BCUT2D eigenvalue weighted by Crippen LogP contribution is 2.26. The summed E-state index contributed by atoms with van der Waals surface area (Å²) in [6.07, 6.45) is 1.70. The van der Waals surface area contributed by atoms with E-state index in [-0.39, 0.29) is 11.9 Å². The van der Waals surface area contributed by atoms with Crippen molar-refractivity contribution in [1.29, 1.82) is 0 Å². The van der Waals surface area contributed by atoms with Crippen molar-refractivity contribution >= 4 is 18.4 Å². The van der Waals surface area contributed by atoms with Gasteiger partial charge in [0.05, 0.1) is 18.9 Å². The third kappa shape index (κ3) is 4.58. The number of rotatable bonds is 7. The Morgan fingerprint density at radius 1 is 1.29 bits per heavy atom. The van der Waals surface area contributed by atoms with Crippen molar-refractivity contribution in [3.05, 3.63) is 52.8 Å². The Hall–Kier alpha value is -3.13. The molecule has 0 radical (unpaired) electrons. The minimum atomic E-state index is 0.0723. The van der Waals surface area contributed by atoms with E-state index in [4.69, 9.17) is 21.7 Å². The monoisotopic (exact) mass is 398 g/mol. The smallest absolute Gasteiger partial charge is 0.216 e. The largest absolute Gasteiger partial charge is 0.504 e. The first-order valence-corrected chi connectivity index (χ1v) is 9.33. The van der Waals surface area contributed by atoms with Gasteiger partial charge in [-0.1, -0.05) is 12.1 Å². The zero-order valence-electron chi connectivity index (χ0n) is 15.9. The Labute approximate surface area is 168 Å². The molecule has 7 nitrogen and oxygen atoms in total. The highest BCUT2D eigenvalue weighted by molar-refractivity contribution is 7.71. The van der Waals surface area contributed by atoms with Crippen LogP contribution in [0.5, 0.6) is 17.2 Å². The van der Waals surface area contributed by atoms with E-state index in [1.54, 1.807) is 24.4 Å². The predicted molar refractivity (Wildman–Crippen MR) is 111 cm³/mol. The minimum absolute atomic E-state index is 0.0723. The summed E-state index contributed by atoms with van der Waals surface area (Å²) in [4.78, 5) is 0. The van der Waals surface area contributed by atoms with E-state index in [2.05, 4.69) is 15.3 Å². The molecule has 8 heteroatoms. The molecule has 0 atom stereocenters.